The van der Waals surface area contributed by atoms with Gasteiger partial charge in [-0.05, 0) is 31.0 Å². The smallest absolute Gasteiger partial charge is 0.321 e. The molecule has 8 nitrogen and oxygen atoms in total. The molecule has 1 aromatic rings. The molecule has 0 saturated carbocycles. The molecule has 1 heterocycles. The van der Waals surface area contributed by atoms with Crippen LogP contribution in [0.15, 0.2) is 23.3 Å². The van der Waals surface area contributed by atoms with Gasteiger partial charge in [0.05, 0.1) is 11.4 Å². The number of rotatable bonds is 4. The Morgan fingerprint density at radius 2 is 2.36 bits per heavy atom. The molecule has 0 unspecified atom stereocenters. The van der Waals surface area contributed by atoms with Crippen LogP contribution in [0.2, 0.25) is 0 Å². The van der Waals surface area contributed by atoms with Gasteiger partial charge in [0.2, 0.25) is 5.71 Å². The van der Waals surface area contributed by atoms with Crippen LogP contribution in [-0.2, 0) is 0 Å². The maximum absolute atomic E-state index is 11.9. The number of nitrogens with one attached hydrogen (secondary N) is 3. The van der Waals surface area contributed by atoms with Gasteiger partial charge < -0.3 is 11.1 Å². The number of nitrogens with zero attached hydrogens (tertiary/aromatic N) is 3. The largest absolute Gasteiger partial charge is 0.382 e. The van der Waals surface area contributed by atoms with E-state index in [1.54, 1.807) is 23.1 Å². The molecule has 0 radical (unpaired) electrons. The highest BCUT2D eigenvalue weighted by molar-refractivity contribution is 6.45. The van der Waals surface area contributed by atoms with Crippen LogP contribution in [-0.4, -0.2) is 30.7 Å². The third kappa shape index (κ3) is 3.15. The molecule has 1 aliphatic rings. The van der Waals surface area contributed by atoms with Gasteiger partial charge >= 0.3 is 6.03 Å². The molecule has 1 aromatic carbocycles. The quantitative estimate of drug-likeness (QED) is 0.377. The molecule has 0 aliphatic carbocycles. The number of hydrazone groups is 1. The van der Waals surface area contributed by atoms with Crippen molar-refractivity contribution in [2.75, 3.05) is 23.4 Å². The Labute approximate surface area is 128 Å². The molecule has 8 heteroatoms. The van der Waals surface area contributed by atoms with Crippen LogP contribution < -0.4 is 21.4 Å². The Balaban J connectivity index is 2.28. The molecular formula is C14H17N7O. The minimum absolute atomic E-state index is 0.128. The van der Waals surface area contributed by atoms with Gasteiger partial charge in [0.25, 0.3) is 0 Å². The number of anilines is 2. The summed E-state index contributed by atoms with van der Waals surface area (Å²) in [6, 6.07) is 7.03. The van der Waals surface area contributed by atoms with Crippen molar-refractivity contribution in [3.8, 4) is 6.07 Å². The molecule has 1 aliphatic heterocycles. The van der Waals surface area contributed by atoms with Crippen LogP contribution in [0, 0.1) is 23.7 Å². The van der Waals surface area contributed by atoms with E-state index in [1.807, 2.05) is 13.0 Å². The number of carbonyl (C=O) groups excluding carboxylic acids is 1. The first-order chi connectivity index (χ1) is 10.5. The van der Waals surface area contributed by atoms with Gasteiger partial charge in [-0.1, -0.05) is 6.07 Å². The highest BCUT2D eigenvalue weighted by atomic mass is 16.2. The molecule has 0 bridgehead atoms. The first-order valence-electron chi connectivity index (χ1n) is 6.77. The lowest BCUT2D eigenvalue weighted by molar-refractivity contribution is 0.243. The fraction of sp³-hybridized carbons (Fsp3) is 0.286. The number of hydrogen-bond donors (Lipinski definition) is 4. The van der Waals surface area contributed by atoms with Crippen LogP contribution in [0.4, 0.5) is 16.2 Å². The average Bonchev–Trinajstić information content (AvgIpc) is 2.50. The fourth-order valence-electron chi connectivity index (χ4n) is 2.16. The average molecular weight is 299 g/mol. The van der Waals surface area contributed by atoms with E-state index in [4.69, 9.17) is 16.4 Å². The van der Waals surface area contributed by atoms with Crippen molar-refractivity contribution >= 4 is 29.0 Å². The summed E-state index contributed by atoms with van der Waals surface area (Å²) in [5.74, 6) is -0.404. The zero-order chi connectivity index (χ0) is 16.1. The maximum Gasteiger partial charge on any atom is 0.321 e. The van der Waals surface area contributed by atoms with Gasteiger partial charge in [-0.25, -0.2) is 4.79 Å². The van der Waals surface area contributed by atoms with Crippen molar-refractivity contribution < 1.29 is 4.79 Å². The Hall–Kier alpha value is -3.08. The normalized spacial score (nSPS) is 15.0. The lowest BCUT2D eigenvalue weighted by atomic mass is 10.1. The molecule has 114 valence electrons. The summed E-state index contributed by atoms with van der Waals surface area (Å²) < 4.78 is 0. The zero-order valence-electron chi connectivity index (χ0n) is 12.2. The second kappa shape index (κ2) is 6.58. The van der Waals surface area contributed by atoms with Gasteiger partial charge in [0.15, 0.2) is 5.84 Å². The van der Waals surface area contributed by atoms with Crippen LogP contribution >= 0.6 is 0 Å². The minimum atomic E-state index is -0.404. The lowest BCUT2D eigenvalue weighted by Crippen LogP contribution is -2.46. The highest BCUT2D eigenvalue weighted by Crippen LogP contribution is 2.27. The van der Waals surface area contributed by atoms with E-state index in [-0.39, 0.29) is 11.7 Å². The molecule has 2 amide bonds. The van der Waals surface area contributed by atoms with Crippen molar-refractivity contribution in [1.82, 2.24) is 5.32 Å². The molecular weight excluding hydrogens is 282 g/mol. The van der Waals surface area contributed by atoms with Crippen LogP contribution in [0.25, 0.3) is 0 Å². The Morgan fingerprint density at radius 1 is 1.59 bits per heavy atom. The minimum Gasteiger partial charge on any atom is -0.382 e. The van der Waals surface area contributed by atoms with Gasteiger partial charge in [-0.2, -0.15) is 10.4 Å². The number of nitriles is 1. The Bertz CT molecular complexity index is 674. The summed E-state index contributed by atoms with van der Waals surface area (Å²) in [4.78, 5) is 13.6. The first-order valence-corrected chi connectivity index (χ1v) is 6.77. The van der Waals surface area contributed by atoms with E-state index in [1.165, 1.54) is 0 Å². The van der Waals surface area contributed by atoms with Crippen molar-refractivity contribution in [1.29, 1.82) is 10.7 Å². The summed E-state index contributed by atoms with van der Waals surface area (Å²) in [5.41, 5.74) is 10.0. The third-order valence-electron chi connectivity index (χ3n) is 3.33. The third-order valence-corrected chi connectivity index (χ3v) is 3.33. The fourth-order valence-corrected chi connectivity index (χ4v) is 2.16. The molecule has 1 fully saturated rings. The number of benzene rings is 1. The lowest BCUT2D eigenvalue weighted by Gasteiger charge is -2.29. The standard InChI is InChI=1S/C14H17N7O/c1-9-10(19-20-11(8-15)13(16)17)4-2-5-12(9)21-7-3-6-18-14(21)22/h2,4-5,19H,3,6-7H2,1H3,(H3,16,17)(H,18,22)/b20-11+. The van der Waals surface area contributed by atoms with Crippen molar-refractivity contribution in [3.63, 3.8) is 0 Å². The topological polar surface area (TPSA) is 130 Å². The molecule has 2 rings (SSSR count). The predicted octanol–water partition coefficient (Wildman–Crippen LogP) is 1.14. The summed E-state index contributed by atoms with van der Waals surface area (Å²) in [6.45, 7) is 3.19. The van der Waals surface area contributed by atoms with Crippen LogP contribution in [0.3, 0.4) is 0 Å². The van der Waals surface area contributed by atoms with Crippen molar-refractivity contribution in [3.05, 3.63) is 23.8 Å². The molecule has 1 saturated heterocycles. The van der Waals surface area contributed by atoms with E-state index >= 15 is 0 Å². The SMILES string of the molecule is Cc1c(N/N=C(\C#N)C(=N)N)cccc1N1CCCNC1=O. The zero-order valence-corrected chi connectivity index (χ0v) is 12.2. The van der Waals surface area contributed by atoms with Gasteiger partial charge in [-0.3, -0.25) is 15.7 Å². The number of hydrogen-bond acceptors (Lipinski definition) is 5. The van der Waals surface area contributed by atoms with E-state index in [2.05, 4.69) is 15.8 Å². The van der Waals surface area contributed by atoms with Crippen molar-refractivity contribution in [2.45, 2.75) is 13.3 Å². The van der Waals surface area contributed by atoms with Gasteiger partial charge in [0, 0.05) is 13.1 Å². The predicted molar refractivity (Wildman–Crippen MR) is 85.1 cm³/mol. The van der Waals surface area contributed by atoms with E-state index in [0.29, 0.717) is 18.8 Å². The second-order valence-electron chi connectivity index (χ2n) is 4.78. The van der Waals surface area contributed by atoms with Crippen LogP contribution in [0.1, 0.15) is 12.0 Å². The summed E-state index contributed by atoms with van der Waals surface area (Å²) in [6.07, 6.45) is 0.879. The van der Waals surface area contributed by atoms with E-state index in [0.717, 1.165) is 17.7 Å². The number of urea groups is 1. The Kier molecular flexibility index (Phi) is 4.58. The second-order valence-corrected chi connectivity index (χ2v) is 4.78. The number of amidine groups is 1. The van der Waals surface area contributed by atoms with Gasteiger partial charge in [0.1, 0.15) is 6.07 Å². The molecule has 5 N–H and O–H groups in total. The van der Waals surface area contributed by atoms with Crippen molar-refractivity contribution in [2.24, 2.45) is 10.8 Å². The number of amides is 2. The molecule has 0 aromatic heterocycles. The summed E-state index contributed by atoms with van der Waals surface area (Å²) in [7, 11) is 0. The number of nitrogens with two attached hydrogens (primary N) is 1. The Morgan fingerprint density at radius 3 is 3.00 bits per heavy atom. The maximum atomic E-state index is 11.9. The van der Waals surface area contributed by atoms with E-state index < -0.39 is 5.84 Å². The highest BCUT2D eigenvalue weighted by Gasteiger charge is 2.21. The first kappa shape index (κ1) is 15.3. The molecule has 0 spiro atoms. The summed E-state index contributed by atoms with van der Waals surface area (Å²) >= 11 is 0. The number of carbonyl (C=O) groups is 1. The van der Waals surface area contributed by atoms with E-state index in [9.17, 15) is 4.79 Å². The molecule has 22 heavy (non-hydrogen) atoms. The molecule has 0 atom stereocenters. The van der Waals surface area contributed by atoms with Crippen LogP contribution in [0.5, 0.6) is 0 Å². The monoisotopic (exact) mass is 299 g/mol. The summed E-state index contributed by atoms with van der Waals surface area (Å²) in [5, 5.41) is 22.7. The van der Waals surface area contributed by atoms with Gasteiger partial charge in [-0.15, -0.1) is 0 Å².